The highest BCUT2D eigenvalue weighted by molar-refractivity contribution is 6.02. The number of benzene rings is 3. The second-order valence-electron chi connectivity index (χ2n) is 8.89. The molecule has 0 aliphatic carbocycles. The van der Waals surface area contributed by atoms with E-state index in [1.165, 1.54) is 43.5 Å². The average molecular weight is 467 g/mol. The smallest absolute Gasteiger partial charge is 0.276 e. The van der Waals surface area contributed by atoms with E-state index in [1.807, 2.05) is 54.6 Å². The molecule has 1 N–H and O–H groups in total. The first-order valence-electron chi connectivity index (χ1n) is 12.2. The van der Waals surface area contributed by atoms with Gasteiger partial charge in [0.15, 0.2) is 12.4 Å². The van der Waals surface area contributed by atoms with Crippen molar-refractivity contribution in [1.29, 1.82) is 0 Å². The minimum atomic E-state index is -0.236. The summed E-state index contributed by atoms with van der Waals surface area (Å²) in [5, 5.41) is 7.28. The monoisotopic (exact) mass is 466 g/mol. The summed E-state index contributed by atoms with van der Waals surface area (Å²) in [5.74, 6) is 0.510. The first-order chi connectivity index (χ1) is 17.2. The molecule has 0 unspecified atom stereocenters. The van der Waals surface area contributed by atoms with Crippen molar-refractivity contribution in [3.8, 4) is 16.9 Å². The maximum Gasteiger partial charge on any atom is 0.276 e. The Morgan fingerprint density at radius 1 is 0.829 bits per heavy atom. The standard InChI is InChI=1S/C29H30N4O2/c34-29(30-26-13-9-23(10-14-26)21-32-18-5-2-6-19-32)28-17-20-33(31-28)22-35-27-15-11-25(12-16-27)24-7-3-1-4-8-24/h1,3-4,7-17,20H,2,5-6,18-19,21-22H2,(H,30,34). The van der Waals surface area contributed by atoms with Crippen LogP contribution < -0.4 is 10.1 Å². The van der Waals surface area contributed by atoms with E-state index in [2.05, 4.69) is 39.6 Å². The van der Waals surface area contributed by atoms with Crippen LogP contribution in [-0.2, 0) is 13.3 Å². The molecule has 178 valence electrons. The lowest BCUT2D eigenvalue weighted by atomic mass is 10.1. The molecule has 0 spiro atoms. The summed E-state index contributed by atoms with van der Waals surface area (Å²) in [5.41, 5.74) is 4.68. The second kappa shape index (κ2) is 11.0. The molecule has 6 heteroatoms. The van der Waals surface area contributed by atoms with Crippen LogP contribution in [0.2, 0.25) is 0 Å². The van der Waals surface area contributed by atoms with Gasteiger partial charge >= 0.3 is 0 Å². The minimum Gasteiger partial charge on any atom is -0.471 e. The Bertz CT molecular complexity index is 1230. The Kier molecular flexibility index (Phi) is 7.20. The highest BCUT2D eigenvalue weighted by Crippen LogP contribution is 2.22. The lowest BCUT2D eigenvalue weighted by molar-refractivity contribution is 0.102. The molecule has 3 aromatic carbocycles. The molecule has 5 rings (SSSR count). The van der Waals surface area contributed by atoms with Gasteiger partial charge in [0.2, 0.25) is 0 Å². The van der Waals surface area contributed by atoms with Gasteiger partial charge in [-0.15, -0.1) is 0 Å². The van der Waals surface area contributed by atoms with Crippen molar-refractivity contribution in [2.45, 2.75) is 32.5 Å². The third kappa shape index (κ3) is 6.16. The number of rotatable bonds is 8. The van der Waals surface area contributed by atoms with Gasteiger partial charge in [-0.25, -0.2) is 4.68 Å². The first kappa shape index (κ1) is 22.9. The van der Waals surface area contributed by atoms with Crippen LogP contribution in [-0.4, -0.2) is 33.7 Å². The third-order valence-corrected chi connectivity index (χ3v) is 6.26. The molecule has 0 atom stereocenters. The Labute approximate surface area is 206 Å². The molecule has 1 amide bonds. The van der Waals surface area contributed by atoms with Gasteiger partial charge in [-0.05, 0) is 73.0 Å². The molecule has 35 heavy (non-hydrogen) atoms. The number of carbonyl (C=O) groups is 1. The number of hydrogen-bond acceptors (Lipinski definition) is 4. The highest BCUT2D eigenvalue weighted by atomic mass is 16.5. The van der Waals surface area contributed by atoms with Crippen molar-refractivity contribution in [3.05, 3.63) is 102 Å². The Hall–Kier alpha value is -3.90. The van der Waals surface area contributed by atoms with Crippen molar-refractivity contribution in [2.24, 2.45) is 0 Å². The fraction of sp³-hybridized carbons (Fsp3) is 0.241. The Morgan fingerprint density at radius 2 is 1.54 bits per heavy atom. The van der Waals surface area contributed by atoms with Gasteiger partial charge in [-0.1, -0.05) is 61.0 Å². The molecule has 0 radical (unpaired) electrons. The van der Waals surface area contributed by atoms with Crippen molar-refractivity contribution in [1.82, 2.24) is 14.7 Å². The van der Waals surface area contributed by atoms with Gasteiger partial charge in [-0.3, -0.25) is 9.69 Å². The molecular formula is C29H30N4O2. The molecule has 1 fully saturated rings. The number of ether oxygens (including phenoxy) is 1. The molecule has 1 aliphatic rings. The summed E-state index contributed by atoms with van der Waals surface area (Å²) in [6, 6.07) is 27.9. The number of likely N-dealkylation sites (tertiary alicyclic amines) is 1. The van der Waals surface area contributed by atoms with E-state index in [4.69, 9.17) is 4.74 Å². The van der Waals surface area contributed by atoms with E-state index in [9.17, 15) is 4.79 Å². The number of nitrogens with one attached hydrogen (secondary N) is 1. The van der Waals surface area contributed by atoms with Crippen molar-refractivity contribution in [3.63, 3.8) is 0 Å². The molecule has 1 aromatic heterocycles. The fourth-order valence-electron chi connectivity index (χ4n) is 4.33. The minimum absolute atomic E-state index is 0.225. The maximum absolute atomic E-state index is 12.6. The summed E-state index contributed by atoms with van der Waals surface area (Å²) < 4.78 is 7.45. The first-order valence-corrected chi connectivity index (χ1v) is 12.2. The lowest BCUT2D eigenvalue weighted by Crippen LogP contribution is -2.29. The van der Waals surface area contributed by atoms with Crippen LogP contribution >= 0.6 is 0 Å². The number of hydrogen-bond donors (Lipinski definition) is 1. The van der Waals surface area contributed by atoms with Crippen LogP contribution in [0.15, 0.2) is 91.1 Å². The normalized spacial score (nSPS) is 13.9. The van der Waals surface area contributed by atoms with Gasteiger partial charge < -0.3 is 10.1 Å². The van der Waals surface area contributed by atoms with Crippen molar-refractivity contribution >= 4 is 11.6 Å². The molecule has 6 nitrogen and oxygen atoms in total. The fourth-order valence-corrected chi connectivity index (χ4v) is 4.33. The van der Waals surface area contributed by atoms with E-state index in [0.717, 1.165) is 23.5 Å². The van der Waals surface area contributed by atoms with Crippen LogP contribution in [0.3, 0.4) is 0 Å². The van der Waals surface area contributed by atoms with E-state index in [-0.39, 0.29) is 12.6 Å². The average Bonchev–Trinajstić information content (AvgIpc) is 3.39. The van der Waals surface area contributed by atoms with Crippen LogP contribution in [0.5, 0.6) is 5.75 Å². The molecule has 4 aromatic rings. The lowest BCUT2D eigenvalue weighted by Gasteiger charge is -2.26. The van der Waals surface area contributed by atoms with E-state index < -0.39 is 0 Å². The number of amides is 1. The number of carbonyl (C=O) groups excluding carboxylic acids is 1. The predicted molar refractivity (Wildman–Crippen MR) is 138 cm³/mol. The second-order valence-corrected chi connectivity index (χ2v) is 8.89. The van der Waals surface area contributed by atoms with E-state index in [1.54, 1.807) is 16.9 Å². The van der Waals surface area contributed by atoms with Crippen LogP contribution in [0.1, 0.15) is 35.3 Å². The van der Waals surface area contributed by atoms with Crippen LogP contribution in [0, 0.1) is 0 Å². The molecule has 0 bridgehead atoms. The van der Waals surface area contributed by atoms with Gasteiger partial charge in [-0.2, -0.15) is 5.10 Å². The van der Waals surface area contributed by atoms with E-state index in [0.29, 0.717) is 5.69 Å². The molecular weight excluding hydrogens is 436 g/mol. The zero-order valence-electron chi connectivity index (χ0n) is 19.8. The summed E-state index contributed by atoms with van der Waals surface area (Å²) in [7, 11) is 0. The van der Waals surface area contributed by atoms with Gasteiger partial charge in [0.1, 0.15) is 5.75 Å². The largest absolute Gasteiger partial charge is 0.471 e. The highest BCUT2D eigenvalue weighted by Gasteiger charge is 2.12. The number of nitrogens with zero attached hydrogens (tertiary/aromatic N) is 3. The quantitative estimate of drug-likeness (QED) is 0.355. The third-order valence-electron chi connectivity index (χ3n) is 6.26. The van der Waals surface area contributed by atoms with E-state index >= 15 is 0 Å². The maximum atomic E-state index is 12.6. The van der Waals surface area contributed by atoms with Crippen molar-refractivity contribution < 1.29 is 9.53 Å². The number of aromatic nitrogens is 2. The van der Waals surface area contributed by atoms with Crippen molar-refractivity contribution in [2.75, 3.05) is 18.4 Å². The number of anilines is 1. The summed E-state index contributed by atoms with van der Waals surface area (Å²) in [4.78, 5) is 15.1. The summed E-state index contributed by atoms with van der Waals surface area (Å²) in [6.07, 6.45) is 5.65. The molecule has 1 aliphatic heterocycles. The molecule has 0 saturated carbocycles. The SMILES string of the molecule is O=C(Nc1ccc(CN2CCCCC2)cc1)c1ccn(COc2ccc(-c3ccccc3)cc2)n1. The van der Waals surface area contributed by atoms with Gasteiger partial charge in [0.25, 0.3) is 5.91 Å². The number of piperidine rings is 1. The van der Waals surface area contributed by atoms with Gasteiger partial charge in [0.05, 0.1) is 0 Å². The Morgan fingerprint density at radius 3 is 2.29 bits per heavy atom. The van der Waals surface area contributed by atoms with Crippen LogP contribution in [0.4, 0.5) is 5.69 Å². The Balaban J connectivity index is 1.12. The van der Waals surface area contributed by atoms with Crippen LogP contribution in [0.25, 0.3) is 11.1 Å². The van der Waals surface area contributed by atoms with Gasteiger partial charge in [0, 0.05) is 18.4 Å². The molecule has 1 saturated heterocycles. The summed E-state index contributed by atoms with van der Waals surface area (Å²) >= 11 is 0. The molecule has 2 heterocycles. The zero-order chi connectivity index (χ0) is 23.9. The summed E-state index contributed by atoms with van der Waals surface area (Å²) in [6.45, 7) is 3.53. The zero-order valence-corrected chi connectivity index (χ0v) is 19.8. The predicted octanol–water partition coefficient (Wildman–Crippen LogP) is 5.82. The topological polar surface area (TPSA) is 59.4 Å².